The number of phenols is 1. The van der Waals surface area contributed by atoms with Crippen LogP contribution in [0.4, 0.5) is 0 Å². The van der Waals surface area contributed by atoms with Crippen LogP contribution in [-0.4, -0.2) is 33.9 Å². The third-order valence-corrected chi connectivity index (χ3v) is 6.37. The van der Waals surface area contributed by atoms with Crippen LogP contribution in [0, 0.1) is 5.92 Å². The van der Waals surface area contributed by atoms with E-state index in [1.54, 1.807) is 23.5 Å². The van der Waals surface area contributed by atoms with E-state index in [0.717, 1.165) is 29.7 Å². The van der Waals surface area contributed by atoms with Crippen molar-refractivity contribution in [3.05, 3.63) is 50.9 Å². The Balaban J connectivity index is 1.48. The molecule has 2 N–H and O–H groups in total. The standard InChI is InChI=1S/C21H22N4O4S/c1-12-3-5-14-17(7-12)30-20-19(14)21(28)25(11-22-20)10-18(27)24-23-9-13-4-6-15(26)16(8-13)29-2/h4,6,8-9,11-12,26H,3,5,7,10H2,1-2H3,(H,24,27)/b23-9-/t12-/m0/s1. The van der Waals surface area contributed by atoms with Crippen molar-refractivity contribution in [3.8, 4) is 11.5 Å². The molecule has 3 aromatic rings. The molecule has 0 saturated heterocycles. The molecule has 1 atom stereocenters. The van der Waals surface area contributed by atoms with Crippen molar-refractivity contribution in [1.82, 2.24) is 15.0 Å². The summed E-state index contributed by atoms with van der Waals surface area (Å²) in [6.45, 7) is 2.05. The molecule has 2 heterocycles. The minimum atomic E-state index is -0.432. The van der Waals surface area contributed by atoms with Gasteiger partial charge in [-0.15, -0.1) is 11.3 Å². The largest absolute Gasteiger partial charge is 0.504 e. The number of aryl methyl sites for hydroxylation is 1. The van der Waals surface area contributed by atoms with Gasteiger partial charge in [-0.2, -0.15) is 5.10 Å². The molecule has 1 amide bonds. The average molecular weight is 426 g/mol. The first-order valence-electron chi connectivity index (χ1n) is 9.65. The topological polar surface area (TPSA) is 106 Å². The zero-order valence-electron chi connectivity index (χ0n) is 16.7. The molecule has 0 saturated carbocycles. The van der Waals surface area contributed by atoms with Gasteiger partial charge in [0.15, 0.2) is 11.5 Å². The van der Waals surface area contributed by atoms with E-state index in [4.69, 9.17) is 4.74 Å². The second-order valence-electron chi connectivity index (χ2n) is 7.43. The molecule has 1 aliphatic carbocycles. The van der Waals surface area contributed by atoms with Gasteiger partial charge in [-0.25, -0.2) is 10.4 Å². The predicted octanol–water partition coefficient (Wildman–Crippen LogP) is 2.45. The number of hydrazone groups is 1. The van der Waals surface area contributed by atoms with Crippen LogP contribution in [0.1, 0.15) is 29.3 Å². The molecule has 4 rings (SSSR count). The fraction of sp³-hybridized carbons (Fsp3) is 0.333. The number of aromatic hydroxyl groups is 1. The molecule has 1 aliphatic rings. The number of nitrogens with zero attached hydrogens (tertiary/aromatic N) is 3. The van der Waals surface area contributed by atoms with Crippen LogP contribution in [0.2, 0.25) is 0 Å². The van der Waals surface area contributed by atoms with Crippen molar-refractivity contribution in [2.24, 2.45) is 11.0 Å². The van der Waals surface area contributed by atoms with Gasteiger partial charge in [0.1, 0.15) is 11.4 Å². The number of phenolic OH excluding ortho intramolecular Hbond substituents is 1. The van der Waals surface area contributed by atoms with Crippen LogP contribution in [0.15, 0.2) is 34.4 Å². The molecule has 9 heteroatoms. The summed E-state index contributed by atoms with van der Waals surface area (Å²) < 4.78 is 6.36. The fourth-order valence-corrected chi connectivity index (χ4v) is 4.96. The molecule has 0 radical (unpaired) electrons. The summed E-state index contributed by atoms with van der Waals surface area (Å²) in [4.78, 5) is 31.6. The highest BCUT2D eigenvalue weighted by atomic mass is 32.1. The fourth-order valence-electron chi connectivity index (χ4n) is 3.62. The highest BCUT2D eigenvalue weighted by molar-refractivity contribution is 7.18. The molecule has 0 aliphatic heterocycles. The molecular formula is C21H22N4O4S. The molecule has 0 spiro atoms. The van der Waals surface area contributed by atoms with E-state index in [-0.39, 0.29) is 17.9 Å². The Kier molecular flexibility index (Phi) is 5.54. The number of nitrogens with one attached hydrogen (secondary N) is 1. The van der Waals surface area contributed by atoms with Gasteiger partial charge in [0.25, 0.3) is 11.5 Å². The quantitative estimate of drug-likeness (QED) is 0.482. The zero-order chi connectivity index (χ0) is 21.3. The van der Waals surface area contributed by atoms with Crippen LogP contribution in [0.3, 0.4) is 0 Å². The van der Waals surface area contributed by atoms with Gasteiger partial charge in [0.2, 0.25) is 0 Å². The lowest BCUT2D eigenvalue weighted by atomic mass is 9.89. The smallest absolute Gasteiger partial charge is 0.262 e. The first-order chi connectivity index (χ1) is 14.5. The van der Waals surface area contributed by atoms with Crippen molar-refractivity contribution in [2.75, 3.05) is 7.11 Å². The maximum atomic E-state index is 12.9. The number of carbonyl (C=O) groups is 1. The van der Waals surface area contributed by atoms with E-state index in [2.05, 4.69) is 22.4 Å². The number of methoxy groups -OCH3 is 1. The van der Waals surface area contributed by atoms with E-state index in [1.165, 1.54) is 35.2 Å². The third-order valence-electron chi connectivity index (χ3n) is 5.20. The van der Waals surface area contributed by atoms with Crippen LogP contribution in [0.25, 0.3) is 10.2 Å². The van der Waals surface area contributed by atoms with Crippen molar-refractivity contribution in [3.63, 3.8) is 0 Å². The van der Waals surface area contributed by atoms with E-state index in [9.17, 15) is 14.7 Å². The van der Waals surface area contributed by atoms with E-state index >= 15 is 0 Å². The Morgan fingerprint density at radius 1 is 1.50 bits per heavy atom. The zero-order valence-corrected chi connectivity index (χ0v) is 17.5. The number of benzene rings is 1. The lowest BCUT2D eigenvalue weighted by Gasteiger charge is -2.17. The Hall–Kier alpha value is -3.20. The van der Waals surface area contributed by atoms with Gasteiger partial charge in [-0.05, 0) is 54.5 Å². The maximum absolute atomic E-state index is 12.9. The van der Waals surface area contributed by atoms with Crippen molar-refractivity contribution in [1.29, 1.82) is 0 Å². The number of ether oxygens (including phenoxy) is 1. The number of hydrogen-bond donors (Lipinski definition) is 2. The third kappa shape index (κ3) is 3.93. The summed E-state index contributed by atoms with van der Waals surface area (Å²) in [6, 6.07) is 4.70. The molecule has 8 nitrogen and oxygen atoms in total. The highest BCUT2D eigenvalue weighted by Gasteiger charge is 2.23. The van der Waals surface area contributed by atoms with Crippen molar-refractivity contribution < 1.29 is 14.6 Å². The average Bonchev–Trinajstić information content (AvgIpc) is 3.09. The van der Waals surface area contributed by atoms with E-state index in [1.807, 2.05) is 0 Å². The van der Waals surface area contributed by atoms with E-state index < -0.39 is 5.91 Å². The summed E-state index contributed by atoms with van der Waals surface area (Å²) >= 11 is 1.58. The first-order valence-corrected chi connectivity index (χ1v) is 10.5. The molecule has 156 valence electrons. The SMILES string of the molecule is COc1cc(/C=N\NC(=O)Cn2cnc3sc4c(c3c2=O)CC[C@H](C)C4)ccc1O. The van der Waals surface area contributed by atoms with E-state index in [0.29, 0.717) is 22.6 Å². The van der Waals surface area contributed by atoms with Crippen LogP contribution in [-0.2, 0) is 24.2 Å². The Labute approximate surface area is 176 Å². The van der Waals surface area contributed by atoms with Gasteiger partial charge in [-0.1, -0.05) is 6.92 Å². The number of rotatable bonds is 5. The number of thiophene rings is 1. The molecule has 0 bridgehead atoms. The highest BCUT2D eigenvalue weighted by Crippen LogP contribution is 2.35. The maximum Gasteiger partial charge on any atom is 0.262 e. The van der Waals surface area contributed by atoms with Crippen LogP contribution < -0.4 is 15.7 Å². The van der Waals surface area contributed by atoms with Crippen molar-refractivity contribution >= 4 is 33.7 Å². The minimum Gasteiger partial charge on any atom is -0.504 e. The molecule has 1 aromatic carbocycles. The Morgan fingerprint density at radius 3 is 3.13 bits per heavy atom. The normalized spacial score (nSPS) is 16.0. The molecule has 0 unspecified atom stereocenters. The first kappa shape index (κ1) is 20.1. The molecule has 30 heavy (non-hydrogen) atoms. The Bertz CT molecular complexity index is 1200. The number of aromatic nitrogens is 2. The summed E-state index contributed by atoms with van der Waals surface area (Å²) in [5, 5.41) is 14.2. The molecular weight excluding hydrogens is 404 g/mol. The van der Waals surface area contributed by atoms with Gasteiger partial charge < -0.3 is 9.84 Å². The van der Waals surface area contributed by atoms with Crippen molar-refractivity contribution in [2.45, 2.75) is 32.7 Å². The number of amides is 1. The Morgan fingerprint density at radius 2 is 2.33 bits per heavy atom. The molecule has 0 fully saturated rings. The number of carbonyl (C=O) groups excluding carboxylic acids is 1. The summed E-state index contributed by atoms with van der Waals surface area (Å²) in [7, 11) is 1.45. The second-order valence-corrected chi connectivity index (χ2v) is 8.52. The second kappa shape index (κ2) is 8.27. The summed E-state index contributed by atoms with van der Waals surface area (Å²) in [5.41, 5.74) is 3.97. The summed E-state index contributed by atoms with van der Waals surface area (Å²) in [5.74, 6) is 0.513. The van der Waals surface area contributed by atoms with Crippen LogP contribution in [0.5, 0.6) is 11.5 Å². The van der Waals surface area contributed by atoms with Gasteiger partial charge >= 0.3 is 0 Å². The molecule has 2 aromatic heterocycles. The number of hydrogen-bond acceptors (Lipinski definition) is 7. The monoisotopic (exact) mass is 426 g/mol. The van der Waals surface area contributed by atoms with Crippen LogP contribution >= 0.6 is 11.3 Å². The summed E-state index contributed by atoms with van der Waals surface area (Å²) in [6.07, 6.45) is 5.77. The lowest BCUT2D eigenvalue weighted by molar-refractivity contribution is -0.121. The van der Waals surface area contributed by atoms with Gasteiger partial charge in [0.05, 0.1) is 25.0 Å². The minimum absolute atomic E-state index is 0.0195. The number of fused-ring (bicyclic) bond motifs is 3. The lowest BCUT2D eigenvalue weighted by Crippen LogP contribution is -2.30. The van der Waals surface area contributed by atoms with Gasteiger partial charge in [-0.3, -0.25) is 14.2 Å². The van der Waals surface area contributed by atoms with Gasteiger partial charge in [0, 0.05) is 4.88 Å². The predicted molar refractivity (Wildman–Crippen MR) is 115 cm³/mol.